The predicted molar refractivity (Wildman–Crippen MR) is 133 cm³/mol. The number of unbranched alkanes of at least 4 members (excludes halogenated alkanes) is 2. The first-order chi connectivity index (χ1) is 16.4. The third-order valence-corrected chi connectivity index (χ3v) is 7.28. The Kier molecular flexibility index (Phi) is 8.12. The Labute approximate surface area is 207 Å². The average Bonchev–Trinajstić information content (AvgIpc) is 2.99. The standard InChI is InChI=1S/C26H33N3O5S/c1-5-28-19-27(4)17-15-20(28)10-9-11-24-26(2,3)22-18-21(35(32,33)34)13-14-23(22)29(24)16-8-6-7-12-25(30)31/h9-11,13-15,17-19H,5-8,12,16H2,1-4H3/p+2. The van der Waals surface area contributed by atoms with E-state index in [9.17, 15) is 17.8 Å². The van der Waals surface area contributed by atoms with Gasteiger partial charge < -0.3 is 10.0 Å². The first kappa shape index (κ1) is 26.6. The van der Waals surface area contributed by atoms with E-state index in [0.717, 1.165) is 42.0 Å². The molecule has 0 atom stereocenters. The van der Waals surface area contributed by atoms with E-state index in [-0.39, 0.29) is 11.3 Å². The van der Waals surface area contributed by atoms with Crippen LogP contribution in [0.1, 0.15) is 57.7 Å². The number of anilines is 1. The molecule has 0 saturated carbocycles. The molecule has 3 rings (SSSR count). The van der Waals surface area contributed by atoms with Crippen LogP contribution in [0.25, 0.3) is 6.08 Å². The highest BCUT2D eigenvalue weighted by molar-refractivity contribution is 7.85. The van der Waals surface area contributed by atoms with E-state index >= 15 is 0 Å². The Bertz CT molecular complexity index is 1270. The lowest BCUT2D eigenvalue weighted by molar-refractivity contribution is -0.815. The molecule has 0 aliphatic carbocycles. The Morgan fingerprint density at radius 3 is 2.57 bits per heavy atom. The number of allylic oxidation sites excluding steroid dienone is 3. The zero-order chi connectivity index (χ0) is 25.8. The van der Waals surface area contributed by atoms with Crippen LogP contribution in [0.4, 0.5) is 5.69 Å². The van der Waals surface area contributed by atoms with Gasteiger partial charge in [0, 0.05) is 35.8 Å². The fourth-order valence-corrected chi connectivity index (χ4v) is 5.05. The highest BCUT2D eigenvalue weighted by Crippen LogP contribution is 2.48. The maximum absolute atomic E-state index is 11.8. The molecule has 8 nitrogen and oxygen atoms in total. The lowest BCUT2D eigenvalue weighted by Gasteiger charge is -2.27. The van der Waals surface area contributed by atoms with Crippen LogP contribution in [0.2, 0.25) is 0 Å². The molecule has 0 unspecified atom stereocenters. The van der Waals surface area contributed by atoms with Crippen molar-refractivity contribution in [2.24, 2.45) is 7.05 Å². The molecule has 0 saturated heterocycles. The van der Waals surface area contributed by atoms with E-state index in [0.29, 0.717) is 13.0 Å². The van der Waals surface area contributed by atoms with E-state index in [1.54, 1.807) is 12.1 Å². The fourth-order valence-electron chi connectivity index (χ4n) is 4.55. The Morgan fingerprint density at radius 1 is 1.17 bits per heavy atom. The summed E-state index contributed by atoms with van der Waals surface area (Å²) in [7, 11) is -2.34. The average molecular weight is 502 g/mol. The number of carboxylic acids is 1. The molecule has 0 amide bonds. The summed E-state index contributed by atoms with van der Waals surface area (Å²) >= 11 is 0. The largest absolute Gasteiger partial charge is 0.481 e. The van der Waals surface area contributed by atoms with Gasteiger partial charge in [0.2, 0.25) is 5.69 Å². The van der Waals surface area contributed by atoms with Gasteiger partial charge in [0.15, 0.2) is 12.7 Å². The zero-order valence-corrected chi connectivity index (χ0v) is 21.6. The van der Waals surface area contributed by atoms with Crippen molar-refractivity contribution in [3.05, 3.63) is 65.9 Å². The summed E-state index contributed by atoms with van der Waals surface area (Å²) in [6, 6.07) is 6.76. The third-order valence-electron chi connectivity index (χ3n) is 6.43. The van der Waals surface area contributed by atoms with Crippen LogP contribution in [0.15, 0.2) is 59.5 Å². The number of carboxylic acid groups (broad SMARTS) is 1. The summed E-state index contributed by atoms with van der Waals surface area (Å²) in [5.41, 5.74) is 3.30. The summed E-state index contributed by atoms with van der Waals surface area (Å²) in [6.45, 7) is 7.68. The first-order valence-corrected chi connectivity index (χ1v) is 13.3. The van der Waals surface area contributed by atoms with Crippen molar-refractivity contribution in [3.8, 4) is 0 Å². The fraction of sp³-hybridized carbons (Fsp3) is 0.423. The lowest BCUT2D eigenvalue weighted by atomic mass is 9.83. The van der Waals surface area contributed by atoms with Crippen LogP contribution in [0.3, 0.4) is 0 Å². The van der Waals surface area contributed by atoms with Gasteiger partial charge in [-0.3, -0.25) is 9.35 Å². The van der Waals surface area contributed by atoms with Crippen molar-refractivity contribution in [1.29, 1.82) is 0 Å². The molecule has 35 heavy (non-hydrogen) atoms. The molecular formula is C26H35N3O5S+2. The molecule has 2 aromatic rings. The van der Waals surface area contributed by atoms with Crippen LogP contribution >= 0.6 is 0 Å². The van der Waals surface area contributed by atoms with Crippen molar-refractivity contribution in [3.63, 3.8) is 0 Å². The summed E-state index contributed by atoms with van der Waals surface area (Å²) < 4.78 is 37.3. The van der Waals surface area contributed by atoms with Crippen LogP contribution in [0.5, 0.6) is 0 Å². The molecule has 9 heteroatoms. The van der Waals surface area contributed by atoms with Gasteiger partial charge in [0.25, 0.3) is 10.1 Å². The molecule has 0 spiro atoms. The minimum atomic E-state index is -4.32. The van der Waals surface area contributed by atoms with E-state index < -0.39 is 21.5 Å². The van der Waals surface area contributed by atoms with Crippen LogP contribution in [0, 0.1) is 0 Å². The van der Waals surface area contributed by atoms with Gasteiger partial charge >= 0.3 is 12.3 Å². The minimum Gasteiger partial charge on any atom is -0.481 e. The van der Waals surface area contributed by atoms with E-state index in [1.807, 2.05) is 56.2 Å². The van der Waals surface area contributed by atoms with E-state index in [4.69, 9.17) is 5.11 Å². The highest BCUT2D eigenvalue weighted by Gasteiger charge is 2.40. The van der Waals surface area contributed by atoms with Crippen molar-refractivity contribution < 1.29 is 32.0 Å². The molecule has 0 radical (unpaired) electrons. The number of nitrogens with zero attached hydrogens (tertiary/aromatic N) is 3. The molecule has 2 heterocycles. The summed E-state index contributed by atoms with van der Waals surface area (Å²) in [6.07, 6.45) is 12.5. The molecule has 1 aromatic carbocycles. The van der Waals surface area contributed by atoms with Gasteiger partial charge in [0.05, 0.1) is 11.0 Å². The second kappa shape index (κ2) is 10.7. The van der Waals surface area contributed by atoms with Crippen molar-refractivity contribution in [2.45, 2.75) is 63.3 Å². The quantitative estimate of drug-likeness (QED) is 0.294. The minimum absolute atomic E-state index is 0.122. The van der Waals surface area contributed by atoms with E-state index in [1.165, 1.54) is 6.07 Å². The number of hydrogen-bond acceptors (Lipinski definition) is 4. The van der Waals surface area contributed by atoms with Crippen LogP contribution < -0.4 is 14.0 Å². The van der Waals surface area contributed by atoms with Crippen molar-refractivity contribution >= 4 is 27.9 Å². The van der Waals surface area contributed by atoms with E-state index in [2.05, 4.69) is 22.5 Å². The number of fused-ring (bicyclic) bond motifs is 1. The lowest BCUT2D eigenvalue weighted by Crippen LogP contribution is -2.45. The number of hydrogen-bond donors (Lipinski definition) is 2. The maximum Gasteiger partial charge on any atom is 0.406 e. The molecule has 0 bridgehead atoms. The van der Waals surface area contributed by atoms with Crippen LogP contribution in [-0.4, -0.2) is 30.6 Å². The number of aromatic nitrogens is 2. The van der Waals surface area contributed by atoms with Crippen LogP contribution in [-0.2, 0) is 33.9 Å². The Balaban J connectivity index is 1.96. The second-order valence-electron chi connectivity index (χ2n) is 9.35. The number of aryl methyl sites for hydroxylation is 2. The number of rotatable bonds is 10. The monoisotopic (exact) mass is 501 g/mol. The number of carbonyl (C=O) groups is 1. The van der Waals surface area contributed by atoms with Gasteiger partial charge in [-0.1, -0.05) is 26.3 Å². The molecule has 0 fully saturated rings. The Hall–Kier alpha value is -3.04. The van der Waals surface area contributed by atoms with Gasteiger partial charge in [0.1, 0.15) is 7.05 Å². The third kappa shape index (κ3) is 6.15. The number of aliphatic carboxylic acids is 1. The SMILES string of the molecule is CC[n+]1c[n+](C)ccc1C=CC=C1N(CCCCCC(=O)O)c2ccc(S(=O)(=O)O)cc2C1(C)C. The second-order valence-corrected chi connectivity index (χ2v) is 10.8. The normalized spacial score (nSPS) is 16.3. The molecule has 188 valence electrons. The van der Waals surface area contributed by atoms with Gasteiger partial charge in [-0.05, 0) is 49.6 Å². The first-order valence-electron chi connectivity index (χ1n) is 11.8. The zero-order valence-electron chi connectivity index (χ0n) is 20.8. The smallest absolute Gasteiger partial charge is 0.406 e. The topological polar surface area (TPSA) is 103 Å². The van der Waals surface area contributed by atoms with Gasteiger partial charge in [-0.25, -0.2) is 0 Å². The summed E-state index contributed by atoms with van der Waals surface area (Å²) in [5, 5.41) is 8.90. The summed E-state index contributed by atoms with van der Waals surface area (Å²) in [4.78, 5) is 12.9. The predicted octanol–water partition coefficient (Wildman–Crippen LogP) is 3.41. The molecule has 1 aliphatic rings. The summed E-state index contributed by atoms with van der Waals surface area (Å²) in [5.74, 6) is -0.792. The number of benzene rings is 1. The Morgan fingerprint density at radius 2 is 1.91 bits per heavy atom. The van der Waals surface area contributed by atoms with Crippen molar-refractivity contribution in [1.82, 2.24) is 0 Å². The molecule has 1 aliphatic heterocycles. The highest BCUT2D eigenvalue weighted by atomic mass is 32.2. The molecule has 2 N–H and O–H groups in total. The maximum atomic E-state index is 11.8. The van der Waals surface area contributed by atoms with Gasteiger partial charge in [-0.15, -0.1) is 4.57 Å². The molecular weight excluding hydrogens is 466 g/mol. The molecule has 1 aromatic heterocycles. The van der Waals surface area contributed by atoms with Crippen molar-refractivity contribution in [2.75, 3.05) is 11.4 Å². The van der Waals surface area contributed by atoms with Gasteiger partial charge in [-0.2, -0.15) is 13.0 Å².